The quantitative estimate of drug-likeness (QED) is 0.906. The van der Waals surface area contributed by atoms with Gasteiger partial charge in [-0.15, -0.1) is 0 Å². The van der Waals surface area contributed by atoms with Crippen molar-refractivity contribution < 1.29 is 4.79 Å². The van der Waals surface area contributed by atoms with E-state index in [1.165, 1.54) is 0 Å². The second kappa shape index (κ2) is 4.82. The van der Waals surface area contributed by atoms with E-state index < -0.39 is 0 Å². The highest BCUT2D eigenvalue weighted by atomic mass is 35.5. The normalized spacial score (nSPS) is 10.4. The van der Waals surface area contributed by atoms with E-state index in [-0.39, 0.29) is 5.91 Å². The number of rotatable bonds is 2. The maximum atomic E-state index is 12.1. The molecule has 0 spiro atoms. The van der Waals surface area contributed by atoms with Crippen LogP contribution in [0.5, 0.6) is 0 Å². The number of hydrogen-bond donors (Lipinski definition) is 1. The van der Waals surface area contributed by atoms with Crippen LogP contribution in [0, 0.1) is 13.8 Å². The smallest absolute Gasteiger partial charge is 0.259 e. The van der Waals surface area contributed by atoms with Gasteiger partial charge in [-0.05, 0) is 37.6 Å². The standard InChI is InChI=1S/C13H14ClN3O/c1-8-6-10(14)4-5-12(8)15-13(18)11-7-17(3)16-9(11)2/h4-7H,1-3H3,(H,15,18). The first-order chi connectivity index (χ1) is 8.47. The Morgan fingerprint density at radius 1 is 1.39 bits per heavy atom. The molecule has 0 aliphatic heterocycles. The summed E-state index contributed by atoms with van der Waals surface area (Å²) in [5.74, 6) is -0.161. The highest BCUT2D eigenvalue weighted by Crippen LogP contribution is 2.20. The first kappa shape index (κ1) is 12.6. The third-order valence-electron chi connectivity index (χ3n) is 2.69. The highest BCUT2D eigenvalue weighted by molar-refractivity contribution is 6.30. The molecular formula is C13H14ClN3O. The zero-order chi connectivity index (χ0) is 13.3. The number of carbonyl (C=O) groups is 1. The lowest BCUT2D eigenvalue weighted by atomic mass is 10.2. The van der Waals surface area contributed by atoms with Crippen molar-refractivity contribution >= 4 is 23.2 Å². The maximum absolute atomic E-state index is 12.1. The van der Waals surface area contributed by atoms with Gasteiger partial charge in [-0.1, -0.05) is 11.6 Å². The number of anilines is 1. The SMILES string of the molecule is Cc1cc(Cl)ccc1NC(=O)c1cn(C)nc1C. The summed E-state index contributed by atoms with van der Waals surface area (Å²) < 4.78 is 1.62. The molecule has 0 aliphatic carbocycles. The molecule has 4 nitrogen and oxygen atoms in total. The lowest BCUT2D eigenvalue weighted by Gasteiger charge is -2.07. The molecule has 2 rings (SSSR count). The van der Waals surface area contributed by atoms with Crippen LogP contribution in [-0.2, 0) is 7.05 Å². The van der Waals surface area contributed by atoms with E-state index in [0.29, 0.717) is 16.3 Å². The number of nitrogens with zero attached hydrogens (tertiary/aromatic N) is 2. The highest BCUT2D eigenvalue weighted by Gasteiger charge is 2.13. The first-order valence-electron chi connectivity index (χ1n) is 5.55. The van der Waals surface area contributed by atoms with Crippen LogP contribution in [0.4, 0.5) is 5.69 Å². The number of nitrogens with one attached hydrogen (secondary N) is 1. The molecule has 1 amide bonds. The van der Waals surface area contributed by atoms with Gasteiger partial charge in [0.25, 0.3) is 5.91 Å². The van der Waals surface area contributed by atoms with Crippen molar-refractivity contribution in [3.8, 4) is 0 Å². The minimum Gasteiger partial charge on any atom is -0.322 e. The monoisotopic (exact) mass is 263 g/mol. The number of benzene rings is 1. The third kappa shape index (κ3) is 2.54. The largest absolute Gasteiger partial charge is 0.322 e. The van der Waals surface area contributed by atoms with Crippen LogP contribution < -0.4 is 5.32 Å². The molecule has 0 fully saturated rings. The van der Waals surface area contributed by atoms with Gasteiger partial charge in [-0.25, -0.2) is 0 Å². The van der Waals surface area contributed by atoms with E-state index >= 15 is 0 Å². The Balaban J connectivity index is 2.24. The van der Waals surface area contributed by atoms with Gasteiger partial charge in [0, 0.05) is 24.0 Å². The van der Waals surface area contributed by atoms with E-state index in [1.54, 1.807) is 30.1 Å². The third-order valence-corrected chi connectivity index (χ3v) is 2.93. The van der Waals surface area contributed by atoms with Gasteiger partial charge in [0.05, 0.1) is 11.3 Å². The zero-order valence-electron chi connectivity index (χ0n) is 10.5. The Morgan fingerprint density at radius 2 is 2.11 bits per heavy atom. The van der Waals surface area contributed by atoms with E-state index in [9.17, 15) is 4.79 Å². The molecule has 1 heterocycles. The number of aromatic nitrogens is 2. The summed E-state index contributed by atoms with van der Waals surface area (Å²) in [6.07, 6.45) is 1.70. The predicted octanol–water partition coefficient (Wildman–Crippen LogP) is 2.94. The number of hydrogen-bond acceptors (Lipinski definition) is 2. The summed E-state index contributed by atoms with van der Waals surface area (Å²) in [6.45, 7) is 3.71. The van der Waals surface area contributed by atoms with Crippen molar-refractivity contribution in [3.63, 3.8) is 0 Å². The molecule has 94 valence electrons. The topological polar surface area (TPSA) is 46.9 Å². The van der Waals surface area contributed by atoms with Crippen LogP contribution in [0.3, 0.4) is 0 Å². The second-order valence-corrected chi connectivity index (χ2v) is 4.65. The molecule has 1 aromatic carbocycles. The van der Waals surface area contributed by atoms with Gasteiger partial charge in [-0.3, -0.25) is 9.48 Å². The minimum absolute atomic E-state index is 0.161. The van der Waals surface area contributed by atoms with Crippen molar-refractivity contribution in [3.05, 3.63) is 46.2 Å². The summed E-state index contributed by atoms with van der Waals surface area (Å²) in [5.41, 5.74) is 2.97. The number of carbonyl (C=O) groups excluding carboxylic acids is 1. The second-order valence-electron chi connectivity index (χ2n) is 4.22. The van der Waals surface area contributed by atoms with Gasteiger partial charge in [-0.2, -0.15) is 5.10 Å². The molecule has 5 heteroatoms. The number of aryl methyl sites for hydroxylation is 3. The van der Waals surface area contributed by atoms with Crippen LogP contribution in [0.15, 0.2) is 24.4 Å². The summed E-state index contributed by atoms with van der Waals surface area (Å²) in [7, 11) is 1.79. The molecule has 0 bridgehead atoms. The van der Waals surface area contributed by atoms with Crippen LogP contribution >= 0.6 is 11.6 Å². The molecule has 0 atom stereocenters. The maximum Gasteiger partial charge on any atom is 0.259 e. The zero-order valence-corrected chi connectivity index (χ0v) is 11.2. The van der Waals surface area contributed by atoms with Crippen LogP contribution in [0.25, 0.3) is 0 Å². The predicted molar refractivity (Wildman–Crippen MR) is 72.1 cm³/mol. The average Bonchev–Trinajstić information content (AvgIpc) is 2.62. The van der Waals surface area contributed by atoms with Gasteiger partial charge < -0.3 is 5.32 Å². The fourth-order valence-electron chi connectivity index (χ4n) is 1.78. The number of halogens is 1. The van der Waals surface area contributed by atoms with E-state index in [0.717, 1.165) is 11.3 Å². The average molecular weight is 264 g/mol. The Bertz CT molecular complexity index is 604. The van der Waals surface area contributed by atoms with Crippen molar-refractivity contribution in [1.29, 1.82) is 0 Å². The van der Waals surface area contributed by atoms with Gasteiger partial charge in [0.2, 0.25) is 0 Å². The molecule has 1 N–H and O–H groups in total. The summed E-state index contributed by atoms with van der Waals surface area (Å²) in [6, 6.07) is 5.36. The van der Waals surface area contributed by atoms with Crippen molar-refractivity contribution in [2.24, 2.45) is 7.05 Å². The molecule has 1 aromatic heterocycles. The van der Waals surface area contributed by atoms with E-state index in [1.807, 2.05) is 19.9 Å². The molecular weight excluding hydrogens is 250 g/mol. The fraction of sp³-hybridized carbons (Fsp3) is 0.231. The van der Waals surface area contributed by atoms with Gasteiger partial charge in [0.1, 0.15) is 0 Å². The van der Waals surface area contributed by atoms with Crippen molar-refractivity contribution in [2.75, 3.05) is 5.32 Å². The molecule has 0 unspecified atom stereocenters. The van der Waals surface area contributed by atoms with E-state index in [2.05, 4.69) is 10.4 Å². The number of amides is 1. The van der Waals surface area contributed by atoms with Gasteiger partial charge in [0.15, 0.2) is 0 Å². The van der Waals surface area contributed by atoms with Crippen LogP contribution in [0.2, 0.25) is 5.02 Å². The lowest BCUT2D eigenvalue weighted by Crippen LogP contribution is -2.13. The molecule has 0 saturated carbocycles. The summed E-state index contributed by atoms with van der Waals surface area (Å²) >= 11 is 5.87. The minimum atomic E-state index is -0.161. The van der Waals surface area contributed by atoms with Crippen molar-refractivity contribution in [2.45, 2.75) is 13.8 Å². The fourth-order valence-corrected chi connectivity index (χ4v) is 2.01. The van der Waals surface area contributed by atoms with E-state index in [4.69, 9.17) is 11.6 Å². The molecule has 0 radical (unpaired) electrons. The Labute approximate surface area is 111 Å². The first-order valence-corrected chi connectivity index (χ1v) is 5.93. The molecule has 0 aliphatic rings. The Morgan fingerprint density at radius 3 is 2.67 bits per heavy atom. The van der Waals surface area contributed by atoms with Crippen LogP contribution in [-0.4, -0.2) is 15.7 Å². The Hall–Kier alpha value is -1.81. The van der Waals surface area contributed by atoms with Gasteiger partial charge >= 0.3 is 0 Å². The summed E-state index contributed by atoms with van der Waals surface area (Å²) in [4.78, 5) is 12.1. The van der Waals surface area contributed by atoms with Crippen molar-refractivity contribution in [1.82, 2.24) is 9.78 Å². The lowest BCUT2D eigenvalue weighted by molar-refractivity contribution is 0.102. The molecule has 18 heavy (non-hydrogen) atoms. The Kier molecular flexibility index (Phi) is 3.39. The summed E-state index contributed by atoms with van der Waals surface area (Å²) in [5, 5.41) is 7.66. The molecule has 2 aromatic rings. The van der Waals surface area contributed by atoms with Crippen LogP contribution in [0.1, 0.15) is 21.6 Å². The molecule has 0 saturated heterocycles.